The number of hydrogen-bond donors (Lipinski definition) is 0. The van der Waals surface area contributed by atoms with Gasteiger partial charge in [0.2, 0.25) is 0 Å². The first-order chi connectivity index (χ1) is 11.9. The molecule has 6 aliphatic rings. The number of rotatable bonds is 2. The van der Waals surface area contributed by atoms with E-state index in [0.717, 1.165) is 30.3 Å². The Morgan fingerprint density at radius 2 is 1.46 bits per heavy atom. The first-order valence-corrected chi connectivity index (χ1v) is 9.35. The molecule has 0 N–H and O–H groups in total. The lowest BCUT2D eigenvalue weighted by molar-refractivity contribution is 0.125. The zero-order valence-electron chi connectivity index (χ0n) is 13.8. The van der Waals surface area contributed by atoms with Gasteiger partial charge in [0.25, 0.3) is 0 Å². The highest BCUT2D eigenvalue weighted by molar-refractivity contribution is 6.04. The fourth-order valence-corrected chi connectivity index (χ4v) is 6.53. The van der Waals surface area contributed by atoms with Crippen molar-refractivity contribution in [1.82, 2.24) is 0 Å². The number of nitrogens with zero attached hydrogens (tertiary/aromatic N) is 2. The molecule has 5 aliphatic carbocycles. The number of hydrogen-bond acceptors (Lipinski definition) is 2. The molecule has 1 aliphatic heterocycles. The average molecular weight is 314 g/mol. The van der Waals surface area contributed by atoms with Crippen molar-refractivity contribution >= 4 is 11.4 Å². The molecule has 2 aromatic rings. The van der Waals surface area contributed by atoms with Gasteiger partial charge in [-0.25, -0.2) is 0 Å². The monoisotopic (exact) mass is 314 g/mol. The van der Waals surface area contributed by atoms with Crippen LogP contribution < -0.4 is 4.90 Å². The van der Waals surface area contributed by atoms with E-state index < -0.39 is 0 Å². The third-order valence-electron chi connectivity index (χ3n) is 7.21. The van der Waals surface area contributed by atoms with E-state index in [9.17, 15) is 0 Å². The van der Waals surface area contributed by atoms with Gasteiger partial charge in [-0.1, -0.05) is 48.5 Å². The molecular weight excluding hydrogens is 292 g/mol. The zero-order chi connectivity index (χ0) is 15.7. The van der Waals surface area contributed by atoms with Crippen LogP contribution in [-0.4, -0.2) is 18.4 Å². The van der Waals surface area contributed by atoms with E-state index in [1.165, 1.54) is 29.8 Å². The summed E-state index contributed by atoms with van der Waals surface area (Å²) in [5.41, 5.74) is 4.11. The molecule has 0 aromatic heterocycles. The zero-order valence-corrected chi connectivity index (χ0v) is 13.8. The Bertz CT molecular complexity index is 785. The van der Waals surface area contributed by atoms with Crippen molar-refractivity contribution in [1.29, 1.82) is 0 Å². The molecule has 2 nitrogen and oxygen atoms in total. The summed E-state index contributed by atoms with van der Waals surface area (Å²) < 4.78 is 0. The summed E-state index contributed by atoms with van der Waals surface area (Å²) in [7, 11) is 0. The van der Waals surface area contributed by atoms with Gasteiger partial charge in [0, 0.05) is 23.4 Å². The van der Waals surface area contributed by atoms with Crippen LogP contribution in [0.15, 0.2) is 65.7 Å². The molecule has 24 heavy (non-hydrogen) atoms. The molecule has 0 spiro atoms. The first kappa shape index (κ1) is 13.2. The molecule has 4 unspecified atom stereocenters. The summed E-state index contributed by atoms with van der Waals surface area (Å²) in [5.74, 6) is 4.37. The first-order valence-electron chi connectivity index (χ1n) is 9.35. The lowest BCUT2D eigenvalue weighted by Gasteiger charge is -2.40. The highest BCUT2D eigenvalue weighted by atomic mass is 15.3. The van der Waals surface area contributed by atoms with Crippen molar-refractivity contribution < 1.29 is 0 Å². The van der Waals surface area contributed by atoms with Crippen LogP contribution in [0.1, 0.15) is 18.4 Å². The SMILES string of the molecule is c1ccc(C2=NCN(c3ccccc3)C3C2C2C4CCC2C43)cc1. The van der Waals surface area contributed by atoms with E-state index in [2.05, 4.69) is 65.6 Å². The molecule has 2 aromatic carbocycles. The van der Waals surface area contributed by atoms with Gasteiger partial charge in [-0.05, 0) is 54.2 Å². The van der Waals surface area contributed by atoms with Crippen LogP contribution in [0.3, 0.4) is 0 Å². The highest BCUT2D eigenvalue weighted by Crippen LogP contribution is 2.71. The van der Waals surface area contributed by atoms with Crippen molar-refractivity contribution in [3.8, 4) is 0 Å². The highest BCUT2D eigenvalue weighted by Gasteiger charge is 2.71. The lowest BCUT2D eigenvalue weighted by atomic mass is 9.68. The van der Waals surface area contributed by atoms with Gasteiger partial charge in [0.05, 0.1) is 0 Å². The number of para-hydroxylation sites is 1. The summed E-state index contributed by atoms with van der Waals surface area (Å²) in [6.45, 7) is 0.818. The third-order valence-corrected chi connectivity index (χ3v) is 7.21. The fraction of sp³-hybridized carbons (Fsp3) is 0.409. The van der Waals surface area contributed by atoms with E-state index in [4.69, 9.17) is 4.99 Å². The van der Waals surface area contributed by atoms with Crippen LogP contribution in [-0.2, 0) is 0 Å². The van der Waals surface area contributed by atoms with Gasteiger partial charge in [0.15, 0.2) is 0 Å². The van der Waals surface area contributed by atoms with E-state index >= 15 is 0 Å². The average Bonchev–Trinajstić information content (AvgIpc) is 3.39. The van der Waals surface area contributed by atoms with Crippen molar-refractivity contribution in [2.24, 2.45) is 34.6 Å². The van der Waals surface area contributed by atoms with Crippen molar-refractivity contribution in [3.05, 3.63) is 66.2 Å². The predicted molar refractivity (Wildman–Crippen MR) is 97.2 cm³/mol. The molecule has 5 saturated carbocycles. The summed E-state index contributed by atoms with van der Waals surface area (Å²) in [5, 5.41) is 0. The normalized spacial score (nSPS) is 38.5. The Hall–Kier alpha value is -2.09. The predicted octanol–water partition coefficient (Wildman–Crippen LogP) is 4.22. The van der Waals surface area contributed by atoms with Crippen LogP contribution in [0.5, 0.6) is 0 Å². The second-order valence-electron chi connectivity index (χ2n) is 7.93. The van der Waals surface area contributed by atoms with Crippen molar-refractivity contribution in [2.75, 3.05) is 11.6 Å². The van der Waals surface area contributed by atoms with Crippen LogP contribution in [0.25, 0.3) is 0 Å². The molecule has 120 valence electrons. The van der Waals surface area contributed by atoms with Crippen LogP contribution in [0.2, 0.25) is 0 Å². The second-order valence-corrected chi connectivity index (χ2v) is 7.93. The standard InChI is InChI=1S/C22H22N2/c1-3-7-14(8-4-1)21-20-18-16-11-12-17(18)19(16)22(20)24(13-23-21)15-9-5-2-6-10-15/h1-10,16-20,22H,11-13H2. The van der Waals surface area contributed by atoms with Gasteiger partial charge in [-0.15, -0.1) is 0 Å². The summed E-state index contributed by atoms with van der Waals surface area (Å²) >= 11 is 0. The van der Waals surface area contributed by atoms with Gasteiger partial charge in [-0.3, -0.25) is 4.99 Å². The van der Waals surface area contributed by atoms with Crippen molar-refractivity contribution in [2.45, 2.75) is 18.9 Å². The maximum Gasteiger partial charge on any atom is 0.110 e. The molecule has 2 heteroatoms. The molecule has 1 heterocycles. The minimum atomic E-state index is 0.642. The molecule has 4 atom stereocenters. The molecule has 8 rings (SSSR count). The number of anilines is 1. The quantitative estimate of drug-likeness (QED) is 0.810. The van der Waals surface area contributed by atoms with Crippen molar-refractivity contribution in [3.63, 3.8) is 0 Å². The molecule has 4 bridgehead atoms. The van der Waals surface area contributed by atoms with E-state index in [0.29, 0.717) is 12.0 Å². The largest absolute Gasteiger partial charge is 0.348 e. The molecule has 5 fully saturated rings. The second kappa shape index (κ2) is 4.72. The molecule has 0 radical (unpaired) electrons. The summed E-state index contributed by atoms with van der Waals surface area (Å²) in [6.07, 6.45) is 2.91. The van der Waals surface area contributed by atoms with E-state index in [-0.39, 0.29) is 0 Å². The number of benzene rings is 2. The summed E-state index contributed by atoms with van der Waals surface area (Å²) in [4.78, 5) is 7.73. The topological polar surface area (TPSA) is 15.6 Å². The van der Waals surface area contributed by atoms with E-state index in [1.54, 1.807) is 0 Å². The maximum absolute atomic E-state index is 5.12. The Balaban J connectivity index is 1.47. The number of aliphatic imine (C=N–C) groups is 1. The van der Waals surface area contributed by atoms with Gasteiger partial charge in [-0.2, -0.15) is 0 Å². The lowest BCUT2D eigenvalue weighted by Crippen LogP contribution is -2.47. The molecular formula is C22H22N2. The van der Waals surface area contributed by atoms with Gasteiger partial charge < -0.3 is 4.90 Å². The Kier molecular flexibility index (Phi) is 2.60. The maximum atomic E-state index is 5.12. The molecule has 0 saturated heterocycles. The minimum Gasteiger partial charge on any atom is -0.348 e. The summed E-state index contributed by atoms with van der Waals surface area (Å²) in [6, 6.07) is 22.6. The number of fused-ring (bicyclic) bond motifs is 1. The molecule has 0 amide bonds. The third kappa shape index (κ3) is 1.54. The van der Waals surface area contributed by atoms with Crippen LogP contribution in [0.4, 0.5) is 5.69 Å². The van der Waals surface area contributed by atoms with Gasteiger partial charge >= 0.3 is 0 Å². The van der Waals surface area contributed by atoms with Gasteiger partial charge in [0.1, 0.15) is 6.67 Å². The van der Waals surface area contributed by atoms with Crippen LogP contribution >= 0.6 is 0 Å². The Morgan fingerprint density at radius 1 is 0.792 bits per heavy atom. The Labute approximate surface area is 143 Å². The Morgan fingerprint density at radius 3 is 2.17 bits per heavy atom. The minimum absolute atomic E-state index is 0.642. The van der Waals surface area contributed by atoms with E-state index in [1.807, 2.05) is 0 Å². The smallest absolute Gasteiger partial charge is 0.110 e. The van der Waals surface area contributed by atoms with Crippen LogP contribution in [0, 0.1) is 29.6 Å². The fourth-order valence-electron chi connectivity index (χ4n) is 6.53.